The minimum atomic E-state index is 0.509. The first kappa shape index (κ1) is 13.1. The van der Waals surface area contributed by atoms with E-state index in [9.17, 15) is 0 Å². The van der Waals surface area contributed by atoms with E-state index in [1.165, 1.54) is 19.3 Å². The Labute approximate surface area is 116 Å². The van der Waals surface area contributed by atoms with Crippen LogP contribution >= 0.6 is 0 Å². The minimum Gasteiger partial charge on any atom is -0.329 e. The number of rotatable bonds is 2. The summed E-state index contributed by atoms with van der Waals surface area (Å²) in [7, 11) is 2.20. The van der Waals surface area contributed by atoms with Gasteiger partial charge in [0.1, 0.15) is 0 Å². The van der Waals surface area contributed by atoms with E-state index in [0.717, 1.165) is 26.2 Å². The summed E-state index contributed by atoms with van der Waals surface area (Å²) in [6, 6.07) is 10.1. The fourth-order valence-corrected chi connectivity index (χ4v) is 3.72. The molecule has 0 amide bonds. The van der Waals surface area contributed by atoms with Crippen LogP contribution in [0.3, 0.4) is 0 Å². The highest BCUT2D eigenvalue weighted by Crippen LogP contribution is 2.35. The lowest BCUT2D eigenvalue weighted by Crippen LogP contribution is -2.56. The van der Waals surface area contributed by atoms with Crippen LogP contribution in [0, 0.1) is 0 Å². The molecule has 1 aromatic rings. The molecule has 2 unspecified atom stereocenters. The molecule has 1 saturated heterocycles. The molecular weight excluding hydrogens is 234 g/mol. The summed E-state index contributed by atoms with van der Waals surface area (Å²) in [5, 5.41) is 0. The number of fused-ring (bicyclic) bond motifs is 1. The van der Waals surface area contributed by atoms with E-state index in [0.29, 0.717) is 12.1 Å². The Bertz CT molecular complexity index is 432. The summed E-state index contributed by atoms with van der Waals surface area (Å²) < 4.78 is 0. The van der Waals surface area contributed by atoms with Crippen molar-refractivity contribution in [3.05, 3.63) is 35.4 Å². The van der Waals surface area contributed by atoms with E-state index in [2.05, 4.69) is 41.1 Å². The van der Waals surface area contributed by atoms with Gasteiger partial charge in [-0.25, -0.2) is 0 Å². The Morgan fingerprint density at radius 1 is 1.26 bits per heavy atom. The van der Waals surface area contributed by atoms with Crippen LogP contribution in [0.2, 0.25) is 0 Å². The van der Waals surface area contributed by atoms with Gasteiger partial charge in [0.15, 0.2) is 0 Å². The topological polar surface area (TPSA) is 32.5 Å². The van der Waals surface area contributed by atoms with Gasteiger partial charge in [-0.1, -0.05) is 24.3 Å². The van der Waals surface area contributed by atoms with Crippen molar-refractivity contribution in [3.8, 4) is 0 Å². The molecule has 19 heavy (non-hydrogen) atoms. The molecule has 3 nitrogen and oxygen atoms in total. The number of piperazine rings is 1. The van der Waals surface area contributed by atoms with Crippen molar-refractivity contribution in [2.75, 3.05) is 33.2 Å². The number of hydrogen-bond acceptors (Lipinski definition) is 3. The maximum absolute atomic E-state index is 6.01. The highest BCUT2D eigenvalue weighted by atomic mass is 15.3. The second kappa shape index (κ2) is 5.61. The third kappa shape index (κ3) is 2.55. The summed E-state index contributed by atoms with van der Waals surface area (Å²) in [6.45, 7) is 4.19. The smallest absolute Gasteiger partial charge is 0.0355 e. The summed E-state index contributed by atoms with van der Waals surface area (Å²) in [5.74, 6) is 0. The molecule has 104 valence electrons. The molecule has 3 rings (SSSR count). The number of aryl methyl sites for hydroxylation is 1. The molecule has 0 saturated carbocycles. The van der Waals surface area contributed by atoms with Gasteiger partial charge >= 0.3 is 0 Å². The average Bonchev–Trinajstić information content (AvgIpc) is 2.46. The highest BCUT2D eigenvalue weighted by molar-refractivity contribution is 5.32. The van der Waals surface area contributed by atoms with Crippen molar-refractivity contribution in [3.63, 3.8) is 0 Å². The maximum Gasteiger partial charge on any atom is 0.0355 e. The van der Waals surface area contributed by atoms with E-state index >= 15 is 0 Å². The Morgan fingerprint density at radius 3 is 2.95 bits per heavy atom. The third-order valence-electron chi connectivity index (χ3n) is 4.74. The minimum absolute atomic E-state index is 0.509. The summed E-state index contributed by atoms with van der Waals surface area (Å²) in [6.07, 6.45) is 3.84. The van der Waals surface area contributed by atoms with Crippen LogP contribution in [0.25, 0.3) is 0 Å². The van der Waals surface area contributed by atoms with E-state index in [1.807, 2.05) is 0 Å². The Morgan fingerprint density at radius 2 is 2.11 bits per heavy atom. The van der Waals surface area contributed by atoms with Crippen LogP contribution in [0.15, 0.2) is 24.3 Å². The van der Waals surface area contributed by atoms with Crippen LogP contribution < -0.4 is 5.73 Å². The van der Waals surface area contributed by atoms with E-state index in [-0.39, 0.29) is 0 Å². The number of likely N-dealkylation sites (N-methyl/N-ethyl adjacent to an activating group) is 1. The molecule has 0 bridgehead atoms. The van der Waals surface area contributed by atoms with Gasteiger partial charge in [-0.15, -0.1) is 0 Å². The first-order valence-electron chi connectivity index (χ1n) is 7.51. The van der Waals surface area contributed by atoms with E-state index < -0.39 is 0 Å². The molecule has 1 aliphatic carbocycles. The fraction of sp³-hybridized carbons (Fsp3) is 0.625. The van der Waals surface area contributed by atoms with E-state index in [4.69, 9.17) is 5.73 Å². The molecule has 2 atom stereocenters. The number of nitrogens with zero attached hydrogens (tertiary/aromatic N) is 2. The van der Waals surface area contributed by atoms with Crippen molar-refractivity contribution in [2.45, 2.75) is 31.3 Å². The zero-order chi connectivity index (χ0) is 13.2. The molecule has 1 aromatic carbocycles. The van der Waals surface area contributed by atoms with Gasteiger partial charge in [-0.05, 0) is 37.4 Å². The highest BCUT2D eigenvalue weighted by Gasteiger charge is 2.32. The lowest BCUT2D eigenvalue weighted by atomic mass is 9.85. The summed E-state index contributed by atoms with van der Waals surface area (Å²) >= 11 is 0. The monoisotopic (exact) mass is 259 g/mol. The fourth-order valence-electron chi connectivity index (χ4n) is 3.72. The van der Waals surface area contributed by atoms with Gasteiger partial charge in [-0.2, -0.15) is 0 Å². The normalized spacial score (nSPS) is 29.2. The van der Waals surface area contributed by atoms with Crippen LogP contribution in [0.1, 0.15) is 30.0 Å². The first-order chi connectivity index (χ1) is 9.29. The zero-order valence-electron chi connectivity index (χ0n) is 11.9. The molecule has 0 aromatic heterocycles. The van der Waals surface area contributed by atoms with Gasteiger partial charge in [0, 0.05) is 38.3 Å². The SMILES string of the molecule is CN1CCN(C2CCCc3ccccc32)C(CN)C1. The van der Waals surface area contributed by atoms with Gasteiger partial charge < -0.3 is 10.6 Å². The summed E-state index contributed by atoms with van der Waals surface area (Å²) in [5.41, 5.74) is 9.12. The number of nitrogens with two attached hydrogens (primary N) is 1. The largest absolute Gasteiger partial charge is 0.329 e. The molecule has 1 heterocycles. The van der Waals surface area contributed by atoms with Crippen LogP contribution in [0.5, 0.6) is 0 Å². The van der Waals surface area contributed by atoms with Gasteiger partial charge in [0.25, 0.3) is 0 Å². The van der Waals surface area contributed by atoms with Crippen molar-refractivity contribution >= 4 is 0 Å². The second-order valence-corrected chi connectivity index (χ2v) is 6.00. The van der Waals surface area contributed by atoms with Gasteiger partial charge in [0.05, 0.1) is 0 Å². The van der Waals surface area contributed by atoms with Gasteiger partial charge in [0.2, 0.25) is 0 Å². The third-order valence-corrected chi connectivity index (χ3v) is 4.74. The van der Waals surface area contributed by atoms with Crippen molar-refractivity contribution in [2.24, 2.45) is 5.73 Å². The lowest BCUT2D eigenvalue weighted by molar-refractivity contribution is 0.0486. The molecule has 0 spiro atoms. The van der Waals surface area contributed by atoms with Crippen molar-refractivity contribution in [1.82, 2.24) is 9.80 Å². The molecule has 0 radical (unpaired) electrons. The Kier molecular flexibility index (Phi) is 3.87. The summed E-state index contributed by atoms with van der Waals surface area (Å²) in [4.78, 5) is 5.07. The average molecular weight is 259 g/mol. The van der Waals surface area contributed by atoms with Crippen LogP contribution in [0.4, 0.5) is 0 Å². The molecule has 1 aliphatic heterocycles. The van der Waals surface area contributed by atoms with Gasteiger partial charge in [-0.3, -0.25) is 4.90 Å². The zero-order valence-corrected chi connectivity index (χ0v) is 11.9. The standard InChI is InChI=1S/C16H25N3/c1-18-9-10-19(14(11-17)12-18)16-8-4-6-13-5-2-3-7-15(13)16/h2-3,5,7,14,16H,4,6,8-12,17H2,1H3. The second-order valence-electron chi connectivity index (χ2n) is 6.00. The molecule has 2 N–H and O–H groups in total. The lowest BCUT2D eigenvalue weighted by Gasteiger charge is -2.45. The van der Waals surface area contributed by atoms with Crippen molar-refractivity contribution < 1.29 is 0 Å². The molecule has 3 heteroatoms. The first-order valence-corrected chi connectivity index (χ1v) is 7.51. The Hall–Kier alpha value is -0.900. The molecule has 2 aliphatic rings. The number of benzene rings is 1. The molecular formula is C16H25N3. The van der Waals surface area contributed by atoms with Crippen molar-refractivity contribution in [1.29, 1.82) is 0 Å². The quantitative estimate of drug-likeness (QED) is 0.876. The number of hydrogen-bond donors (Lipinski definition) is 1. The van der Waals surface area contributed by atoms with E-state index in [1.54, 1.807) is 11.1 Å². The predicted molar refractivity (Wildman–Crippen MR) is 79.2 cm³/mol. The maximum atomic E-state index is 6.01. The predicted octanol–water partition coefficient (Wildman–Crippen LogP) is 1.64. The Balaban J connectivity index is 1.86. The van der Waals surface area contributed by atoms with Crippen LogP contribution in [-0.4, -0.2) is 49.1 Å². The molecule has 1 fully saturated rings. The van der Waals surface area contributed by atoms with Crippen LogP contribution in [-0.2, 0) is 6.42 Å².